The molecule has 0 atom stereocenters. The second-order valence-electron chi connectivity index (χ2n) is 5.94. The van der Waals surface area contributed by atoms with Gasteiger partial charge in [-0.3, -0.25) is 9.69 Å². The summed E-state index contributed by atoms with van der Waals surface area (Å²) in [6.45, 7) is 8.31. The van der Waals surface area contributed by atoms with E-state index in [1.54, 1.807) is 6.07 Å². The summed E-state index contributed by atoms with van der Waals surface area (Å²) >= 11 is 0. The van der Waals surface area contributed by atoms with Crippen molar-refractivity contribution in [1.29, 1.82) is 0 Å². The summed E-state index contributed by atoms with van der Waals surface area (Å²) in [6, 6.07) is 4.43. The zero-order chi connectivity index (χ0) is 18.7. The highest BCUT2D eigenvalue weighted by molar-refractivity contribution is 5.95. The summed E-state index contributed by atoms with van der Waals surface area (Å²) in [6.07, 6.45) is 4.08. The fraction of sp³-hybridized carbons (Fsp3) is 0.579. The van der Waals surface area contributed by atoms with Crippen LogP contribution in [0.1, 0.15) is 56.8 Å². The van der Waals surface area contributed by atoms with Crippen LogP contribution >= 0.6 is 12.4 Å². The van der Waals surface area contributed by atoms with Gasteiger partial charge in [-0.05, 0) is 31.6 Å². The molecule has 1 aromatic carbocycles. The molecule has 148 valence electrons. The van der Waals surface area contributed by atoms with Crippen molar-refractivity contribution < 1.29 is 19.4 Å². The van der Waals surface area contributed by atoms with Crippen LogP contribution in [0, 0.1) is 0 Å². The molecule has 0 aromatic heterocycles. The predicted octanol–water partition coefficient (Wildman–Crippen LogP) is 3.83. The molecule has 1 aromatic rings. The molecule has 2 N–H and O–H groups in total. The van der Waals surface area contributed by atoms with Crippen LogP contribution in [0.5, 0.6) is 5.75 Å². The molecule has 0 aliphatic carbocycles. The van der Waals surface area contributed by atoms with Gasteiger partial charge in [0.15, 0.2) is 0 Å². The summed E-state index contributed by atoms with van der Waals surface area (Å²) < 4.78 is 5.17. The normalized spacial score (nSPS) is 10.3. The van der Waals surface area contributed by atoms with Crippen molar-refractivity contribution in [2.45, 2.75) is 46.5 Å². The number of halogens is 1. The Balaban J connectivity index is 0.00000625. The van der Waals surface area contributed by atoms with Gasteiger partial charge in [0.25, 0.3) is 0 Å². The van der Waals surface area contributed by atoms with Crippen LogP contribution in [-0.2, 0) is 9.53 Å². The molecule has 0 spiro atoms. The Hall–Kier alpha value is -1.79. The van der Waals surface area contributed by atoms with Gasteiger partial charge in [0.05, 0.1) is 13.2 Å². The molecule has 0 radical (unpaired) electrons. The first-order valence-electron chi connectivity index (χ1n) is 9.04. The van der Waals surface area contributed by atoms with Gasteiger partial charge in [0.1, 0.15) is 11.3 Å². The molecule has 6 nitrogen and oxygen atoms in total. The number of phenols is 1. The van der Waals surface area contributed by atoms with Crippen LogP contribution in [0.2, 0.25) is 0 Å². The van der Waals surface area contributed by atoms with Crippen LogP contribution in [-0.4, -0.2) is 48.1 Å². The lowest BCUT2D eigenvalue weighted by Crippen LogP contribution is -2.32. The summed E-state index contributed by atoms with van der Waals surface area (Å²) in [7, 11) is 0. The van der Waals surface area contributed by atoms with E-state index in [0.717, 1.165) is 38.8 Å². The van der Waals surface area contributed by atoms with Gasteiger partial charge in [-0.25, -0.2) is 4.79 Å². The van der Waals surface area contributed by atoms with Crippen LogP contribution in [0.15, 0.2) is 18.2 Å². The first-order valence-corrected chi connectivity index (χ1v) is 9.04. The van der Waals surface area contributed by atoms with Crippen molar-refractivity contribution >= 4 is 30.0 Å². The number of carbonyl (C=O) groups excluding carboxylic acids is 2. The minimum atomic E-state index is -0.546. The number of hydrogen-bond acceptors (Lipinski definition) is 5. The number of rotatable bonds is 11. The number of likely N-dealkylation sites (N-methyl/N-ethyl adjacent to an activating group) is 1. The Kier molecular flexibility index (Phi) is 12.5. The lowest BCUT2D eigenvalue weighted by atomic mass is 10.1. The maximum Gasteiger partial charge on any atom is 0.341 e. The molecule has 1 amide bonds. The molecular weight excluding hydrogens is 356 g/mol. The van der Waals surface area contributed by atoms with Gasteiger partial charge in [0.2, 0.25) is 5.91 Å². The Morgan fingerprint density at radius 1 is 1.12 bits per heavy atom. The third-order valence-electron chi connectivity index (χ3n) is 3.99. The number of anilines is 1. The molecule has 0 saturated carbocycles. The number of nitrogens with zero attached hydrogens (tertiary/aromatic N) is 1. The maximum absolute atomic E-state index is 12.0. The van der Waals surface area contributed by atoms with Gasteiger partial charge < -0.3 is 15.2 Å². The molecule has 26 heavy (non-hydrogen) atoms. The van der Waals surface area contributed by atoms with Crippen LogP contribution in [0.3, 0.4) is 0 Å². The lowest BCUT2D eigenvalue weighted by molar-refractivity contribution is -0.117. The first-order chi connectivity index (χ1) is 12.0. The van der Waals surface area contributed by atoms with Crippen LogP contribution < -0.4 is 5.32 Å². The molecule has 0 fully saturated rings. The van der Waals surface area contributed by atoms with Gasteiger partial charge in [-0.2, -0.15) is 0 Å². The van der Waals surface area contributed by atoms with Gasteiger partial charge in [0, 0.05) is 11.8 Å². The Labute approximate surface area is 162 Å². The standard InChI is InChI=1S/C19H30N2O4.ClH/c1-4-7-8-9-12-25-19(24)16-11-10-15(13-17(16)22)20-18(23)14-21(5-2)6-3;/h10-11,13,22H,4-9,12,14H2,1-3H3,(H,20,23);1H. The molecule has 7 heteroatoms. The Bertz CT molecular complexity index is 562. The van der Waals surface area contributed by atoms with E-state index in [1.807, 2.05) is 18.7 Å². The molecule has 0 heterocycles. The molecule has 0 unspecified atom stereocenters. The average Bonchev–Trinajstić information content (AvgIpc) is 2.59. The summed E-state index contributed by atoms with van der Waals surface area (Å²) in [5.74, 6) is -0.899. The van der Waals surface area contributed by atoms with E-state index in [4.69, 9.17) is 4.74 Å². The van der Waals surface area contributed by atoms with Gasteiger partial charge in [-0.15, -0.1) is 12.4 Å². The quantitative estimate of drug-likeness (QED) is 0.446. The molecule has 0 aliphatic heterocycles. The number of ether oxygens (including phenoxy) is 1. The minimum Gasteiger partial charge on any atom is -0.507 e. The number of amides is 1. The zero-order valence-corrected chi connectivity index (χ0v) is 16.7. The number of unbranched alkanes of at least 4 members (excludes halogenated alkanes) is 3. The van der Waals surface area contributed by atoms with Crippen molar-refractivity contribution in [3.8, 4) is 5.75 Å². The van der Waals surface area contributed by atoms with E-state index in [0.29, 0.717) is 12.3 Å². The van der Waals surface area contributed by atoms with E-state index in [1.165, 1.54) is 12.1 Å². The fourth-order valence-corrected chi connectivity index (χ4v) is 2.40. The summed E-state index contributed by atoms with van der Waals surface area (Å²) in [5, 5.41) is 12.7. The van der Waals surface area contributed by atoms with E-state index in [-0.39, 0.29) is 36.2 Å². The predicted molar refractivity (Wildman–Crippen MR) is 106 cm³/mol. The maximum atomic E-state index is 12.0. The second kappa shape index (κ2) is 13.4. The van der Waals surface area contributed by atoms with Crippen molar-refractivity contribution in [3.63, 3.8) is 0 Å². The van der Waals surface area contributed by atoms with Crippen molar-refractivity contribution in [3.05, 3.63) is 23.8 Å². The molecular formula is C19H31ClN2O4. The number of esters is 1. The Morgan fingerprint density at radius 2 is 1.81 bits per heavy atom. The highest BCUT2D eigenvalue weighted by atomic mass is 35.5. The largest absolute Gasteiger partial charge is 0.507 e. The van der Waals surface area contributed by atoms with Gasteiger partial charge in [-0.1, -0.05) is 40.0 Å². The lowest BCUT2D eigenvalue weighted by Gasteiger charge is -2.17. The smallest absolute Gasteiger partial charge is 0.341 e. The summed E-state index contributed by atoms with van der Waals surface area (Å²) in [4.78, 5) is 25.9. The molecule has 1 rings (SSSR count). The highest BCUT2D eigenvalue weighted by Crippen LogP contribution is 2.23. The number of carbonyl (C=O) groups is 2. The van der Waals surface area contributed by atoms with Crippen LogP contribution in [0.25, 0.3) is 0 Å². The average molecular weight is 387 g/mol. The number of nitrogens with one attached hydrogen (secondary N) is 1. The fourth-order valence-electron chi connectivity index (χ4n) is 2.40. The van der Waals surface area contributed by atoms with Gasteiger partial charge >= 0.3 is 5.97 Å². The topological polar surface area (TPSA) is 78.9 Å². The van der Waals surface area contributed by atoms with E-state index in [2.05, 4.69) is 12.2 Å². The van der Waals surface area contributed by atoms with E-state index >= 15 is 0 Å². The molecule has 0 bridgehead atoms. The number of benzene rings is 1. The number of phenolic OH excluding ortho intramolecular Hbond substituents is 1. The second-order valence-corrected chi connectivity index (χ2v) is 5.94. The SMILES string of the molecule is CCCCCCOC(=O)c1ccc(NC(=O)CN(CC)CC)cc1O.Cl. The minimum absolute atomic E-state index is 0. The molecule has 0 saturated heterocycles. The zero-order valence-electron chi connectivity index (χ0n) is 15.9. The van der Waals surface area contributed by atoms with Crippen molar-refractivity contribution in [2.75, 3.05) is 31.6 Å². The first kappa shape index (κ1) is 24.2. The third-order valence-corrected chi connectivity index (χ3v) is 3.99. The van der Waals surface area contributed by atoms with Crippen molar-refractivity contribution in [1.82, 2.24) is 4.90 Å². The third kappa shape index (κ3) is 8.54. The number of hydrogen-bond donors (Lipinski definition) is 2. The van der Waals surface area contributed by atoms with E-state index in [9.17, 15) is 14.7 Å². The van der Waals surface area contributed by atoms with Crippen LogP contribution in [0.4, 0.5) is 5.69 Å². The van der Waals surface area contributed by atoms with E-state index < -0.39 is 5.97 Å². The molecule has 0 aliphatic rings. The highest BCUT2D eigenvalue weighted by Gasteiger charge is 2.14. The monoisotopic (exact) mass is 386 g/mol. The summed E-state index contributed by atoms with van der Waals surface area (Å²) in [5.41, 5.74) is 0.561. The number of aromatic hydroxyl groups is 1. The van der Waals surface area contributed by atoms with Crippen molar-refractivity contribution in [2.24, 2.45) is 0 Å². The Morgan fingerprint density at radius 3 is 2.38 bits per heavy atom.